The van der Waals surface area contributed by atoms with Gasteiger partial charge in [0.25, 0.3) is 0 Å². The summed E-state index contributed by atoms with van der Waals surface area (Å²) in [6, 6.07) is 5.17. The molecule has 2 aliphatic rings. The molecule has 1 unspecified atom stereocenters. The first-order chi connectivity index (χ1) is 20.4. The van der Waals surface area contributed by atoms with Crippen LogP contribution in [-0.4, -0.2) is 79.8 Å². The van der Waals surface area contributed by atoms with Crippen molar-refractivity contribution < 1.29 is 38.0 Å². The number of hydrogen-bond donors (Lipinski definition) is 2. The van der Waals surface area contributed by atoms with Gasteiger partial charge in [-0.15, -0.1) is 0 Å². The topological polar surface area (TPSA) is 122 Å². The molecular formula is C32H42FN3O7. The van der Waals surface area contributed by atoms with Crippen molar-refractivity contribution >= 4 is 23.3 Å². The molecule has 4 rings (SSSR count). The van der Waals surface area contributed by atoms with E-state index in [1.54, 1.807) is 39.0 Å². The Morgan fingerprint density at radius 2 is 1.74 bits per heavy atom. The van der Waals surface area contributed by atoms with Gasteiger partial charge in [0.15, 0.2) is 29.2 Å². The Bertz CT molecular complexity index is 1380. The second kappa shape index (κ2) is 13.2. The van der Waals surface area contributed by atoms with E-state index in [2.05, 4.69) is 0 Å². The quantitative estimate of drug-likeness (QED) is 0.324. The lowest BCUT2D eigenvalue weighted by atomic mass is 9.84. The second-order valence-corrected chi connectivity index (χ2v) is 11.6. The maximum Gasteiger partial charge on any atom is 0.344 e. The molecule has 0 saturated carbocycles. The SMILES string of the molecule is CCOc1cc2c(c(F)c1OCC)C(=N)N(CC(=O)c1cc(N3CCOCC3)c(OC(CC)C(=O)O)c(C(C)(C)C)c1)C2. The van der Waals surface area contributed by atoms with Crippen LogP contribution in [0.5, 0.6) is 17.2 Å². The van der Waals surface area contributed by atoms with Gasteiger partial charge in [0.05, 0.1) is 44.2 Å². The fourth-order valence-corrected chi connectivity index (χ4v) is 5.37. The summed E-state index contributed by atoms with van der Waals surface area (Å²) in [6.45, 7) is 13.9. The van der Waals surface area contributed by atoms with E-state index in [4.69, 9.17) is 24.4 Å². The average Bonchev–Trinajstić information content (AvgIpc) is 3.27. The summed E-state index contributed by atoms with van der Waals surface area (Å²) >= 11 is 0. The van der Waals surface area contributed by atoms with E-state index in [9.17, 15) is 14.7 Å². The molecule has 2 aromatic rings. The van der Waals surface area contributed by atoms with Crippen molar-refractivity contribution in [1.29, 1.82) is 5.41 Å². The number of carbonyl (C=O) groups is 2. The van der Waals surface area contributed by atoms with Crippen molar-refractivity contribution in [2.45, 2.75) is 66.0 Å². The fraction of sp³-hybridized carbons (Fsp3) is 0.531. The predicted molar refractivity (Wildman–Crippen MR) is 161 cm³/mol. The number of hydrogen-bond acceptors (Lipinski definition) is 8. The van der Waals surface area contributed by atoms with Crippen LogP contribution >= 0.6 is 0 Å². The molecule has 0 aliphatic carbocycles. The summed E-state index contributed by atoms with van der Waals surface area (Å²) in [5.74, 6) is -1.41. The van der Waals surface area contributed by atoms with Gasteiger partial charge in [-0.1, -0.05) is 27.7 Å². The van der Waals surface area contributed by atoms with Crippen molar-refractivity contribution in [3.63, 3.8) is 0 Å². The molecule has 43 heavy (non-hydrogen) atoms. The number of nitrogens with zero attached hydrogens (tertiary/aromatic N) is 2. The molecule has 0 aromatic heterocycles. The van der Waals surface area contributed by atoms with Gasteiger partial charge in [0, 0.05) is 30.8 Å². The number of rotatable bonds is 12. The molecule has 1 fully saturated rings. The van der Waals surface area contributed by atoms with E-state index in [1.807, 2.05) is 25.7 Å². The number of Topliss-reactive ketones (excluding diaryl/α,β-unsaturated/α-hetero) is 1. The van der Waals surface area contributed by atoms with Gasteiger partial charge in [-0.2, -0.15) is 0 Å². The molecule has 2 N–H and O–H groups in total. The summed E-state index contributed by atoms with van der Waals surface area (Å²) < 4.78 is 38.4. The fourth-order valence-electron chi connectivity index (χ4n) is 5.37. The van der Waals surface area contributed by atoms with Crippen molar-refractivity contribution in [1.82, 2.24) is 4.90 Å². The van der Waals surface area contributed by atoms with E-state index in [0.29, 0.717) is 61.0 Å². The van der Waals surface area contributed by atoms with Crippen LogP contribution in [0.15, 0.2) is 18.2 Å². The number of anilines is 1. The van der Waals surface area contributed by atoms with Crippen LogP contribution in [-0.2, 0) is 21.5 Å². The Morgan fingerprint density at radius 1 is 1.07 bits per heavy atom. The molecule has 1 saturated heterocycles. The Labute approximate surface area is 252 Å². The van der Waals surface area contributed by atoms with Crippen LogP contribution in [0.4, 0.5) is 10.1 Å². The number of carboxylic acid groups (broad SMARTS) is 1. The lowest BCUT2D eigenvalue weighted by Crippen LogP contribution is -2.38. The molecular weight excluding hydrogens is 557 g/mol. The van der Waals surface area contributed by atoms with Gasteiger partial charge in [0.2, 0.25) is 0 Å². The number of halogens is 1. The minimum Gasteiger partial charge on any atom is -0.490 e. The van der Waals surface area contributed by atoms with Crippen LogP contribution in [0.25, 0.3) is 0 Å². The molecule has 0 spiro atoms. The van der Waals surface area contributed by atoms with Crippen molar-refractivity contribution in [3.8, 4) is 17.2 Å². The predicted octanol–water partition coefficient (Wildman–Crippen LogP) is 5.02. The highest BCUT2D eigenvalue weighted by Gasteiger charge is 2.35. The van der Waals surface area contributed by atoms with Crippen LogP contribution in [0.3, 0.4) is 0 Å². The molecule has 2 aromatic carbocycles. The lowest BCUT2D eigenvalue weighted by molar-refractivity contribution is -0.145. The molecule has 10 nitrogen and oxygen atoms in total. The molecule has 11 heteroatoms. The number of amidine groups is 1. The highest BCUT2D eigenvalue weighted by molar-refractivity contribution is 6.06. The van der Waals surface area contributed by atoms with E-state index in [1.165, 1.54) is 4.90 Å². The number of ketones is 1. The number of ether oxygens (including phenoxy) is 4. The Kier molecular flexibility index (Phi) is 9.84. The second-order valence-electron chi connectivity index (χ2n) is 11.6. The summed E-state index contributed by atoms with van der Waals surface area (Å²) in [5.41, 5.74) is 1.90. The molecule has 1 atom stereocenters. The van der Waals surface area contributed by atoms with Crippen LogP contribution < -0.4 is 19.1 Å². The number of carbonyl (C=O) groups excluding carboxylic acids is 1. The monoisotopic (exact) mass is 599 g/mol. The van der Waals surface area contributed by atoms with Crippen LogP contribution in [0.1, 0.15) is 75.0 Å². The molecule has 234 valence electrons. The maximum atomic E-state index is 15.6. The third-order valence-electron chi connectivity index (χ3n) is 7.56. The summed E-state index contributed by atoms with van der Waals surface area (Å²) in [6.07, 6.45) is -0.782. The van der Waals surface area contributed by atoms with E-state index in [0.717, 1.165) is 0 Å². The van der Waals surface area contributed by atoms with E-state index < -0.39 is 23.3 Å². The third-order valence-corrected chi connectivity index (χ3v) is 7.56. The zero-order valence-corrected chi connectivity index (χ0v) is 25.8. The maximum absolute atomic E-state index is 15.6. The number of carboxylic acids is 1. The molecule has 0 radical (unpaired) electrons. The Hall–Kier alpha value is -3.86. The highest BCUT2D eigenvalue weighted by atomic mass is 19.1. The van der Waals surface area contributed by atoms with Crippen molar-refractivity contribution in [2.24, 2.45) is 0 Å². The average molecular weight is 600 g/mol. The molecule has 0 bridgehead atoms. The number of fused-ring (bicyclic) bond motifs is 1. The van der Waals surface area contributed by atoms with Gasteiger partial charge >= 0.3 is 5.97 Å². The van der Waals surface area contributed by atoms with Crippen molar-refractivity contribution in [2.75, 3.05) is 51.0 Å². The number of morpholine rings is 1. The minimum absolute atomic E-state index is 0.0340. The van der Waals surface area contributed by atoms with Gasteiger partial charge < -0.3 is 33.9 Å². The first kappa shape index (κ1) is 32.1. The standard InChI is InChI=1S/C32H42FN3O7/c1-7-24(31(38)39)43-28-21(32(4,5)6)14-19(15-22(28)35-10-12-40-13-11-35)23(37)18-36-17-20-16-25(41-8-2)29(42-9-3)27(33)26(20)30(36)34/h14-16,24,34H,7-13,17-18H2,1-6H3,(H,38,39). The van der Waals surface area contributed by atoms with Gasteiger partial charge in [-0.3, -0.25) is 10.2 Å². The van der Waals surface area contributed by atoms with E-state index in [-0.39, 0.29) is 54.8 Å². The Balaban J connectivity index is 1.72. The minimum atomic E-state index is -1.06. The first-order valence-electron chi connectivity index (χ1n) is 14.8. The molecule has 0 amide bonds. The van der Waals surface area contributed by atoms with Gasteiger partial charge in [0.1, 0.15) is 11.6 Å². The summed E-state index contributed by atoms with van der Waals surface area (Å²) in [5, 5.41) is 18.5. The number of aliphatic carboxylic acids is 1. The van der Waals surface area contributed by atoms with Crippen LogP contribution in [0, 0.1) is 11.2 Å². The van der Waals surface area contributed by atoms with E-state index >= 15 is 4.39 Å². The number of benzene rings is 2. The van der Waals surface area contributed by atoms with Crippen LogP contribution in [0.2, 0.25) is 0 Å². The largest absolute Gasteiger partial charge is 0.490 e. The summed E-state index contributed by atoms with van der Waals surface area (Å²) in [4.78, 5) is 29.4. The lowest BCUT2D eigenvalue weighted by Gasteiger charge is -2.34. The molecule has 2 aliphatic heterocycles. The van der Waals surface area contributed by atoms with Gasteiger partial charge in [-0.05, 0) is 49.4 Å². The van der Waals surface area contributed by atoms with Gasteiger partial charge in [-0.25, -0.2) is 9.18 Å². The zero-order chi connectivity index (χ0) is 31.5. The first-order valence-corrected chi connectivity index (χ1v) is 14.8. The van der Waals surface area contributed by atoms with Crippen molar-refractivity contribution in [3.05, 3.63) is 46.3 Å². The Morgan fingerprint density at radius 3 is 2.33 bits per heavy atom. The number of nitrogens with one attached hydrogen (secondary N) is 1. The summed E-state index contributed by atoms with van der Waals surface area (Å²) in [7, 11) is 0. The molecule has 2 heterocycles. The third kappa shape index (κ3) is 6.71. The highest BCUT2D eigenvalue weighted by Crippen LogP contribution is 2.42. The zero-order valence-electron chi connectivity index (χ0n) is 25.8. The smallest absolute Gasteiger partial charge is 0.344 e. The normalized spacial score (nSPS) is 15.7.